The molecule has 3 heterocycles. The van der Waals surface area contributed by atoms with Gasteiger partial charge in [0.25, 0.3) is 0 Å². The van der Waals surface area contributed by atoms with E-state index in [-0.39, 0.29) is 0 Å². The van der Waals surface area contributed by atoms with Crippen LogP contribution in [-0.4, -0.2) is 24.1 Å². The van der Waals surface area contributed by atoms with Crippen molar-refractivity contribution in [2.45, 2.75) is 0 Å². The lowest BCUT2D eigenvalue weighted by molar-refractivity contribution is 1.06. The molecule has 0 aliphatic heterocycles. The second-order valence-corrected chi connectivity index (χ2v) is 14.7. The van der Waals surface area contributed by atoms with E-state index in [2.05, 4.69) is 124 Å². The summed E-state index contributed by atoms with van der Waals surface area (Å²) in [4.78, 5) is 15.8. The van der Waals surface area contributed by atoms with E-state index in [1.54, 1.807) is 0 Å². The van der Waals surface area contributed by atoms with E-state index in [0.717, 1.165) is 82.8 Å². The maximum absolute atomic E-state index is 10.2. The molecule has 60 heavy (non-hydrogen) atoms. The van der Waals surface area contributed by atoms with Crippen molar-refractivity contribution in [1.82, 2.24) is 24.1 Å². The van der Waals surface area contributed by atoms with Crippen molar-refractivity contribution in [3.63, 3.8) is 0 Å². The van der Waals surface area contributed by atoms with Crippen molar-refractivity contribution in [2.24, 2.45) is 0 Å². The fraction of sp³-hybridized carbons (Fsp3) is 0. The van der Waals surface area contributed by atoms with E-state index in [9.17, 15) is 10.5 Å². The summed E-state index contributed by atoms with van der Waals surface area (Å²) in [5.41, 5.74) is 11.3. The van der Waals surface area contributed by atoms with Gasteiger partial charge in [-0.15, -0.1) is 0 Å². The molecule has 0 saturated carbocycles. The third-order valence-electron chi connectivity index (χ3n) is 11.3. The molecule has 0 aliphatic rings. The van der Waals surface area contributed by atoms with Gasteiger partial charge >= 0.3 is 0 Å². The van der Waals surface area contributed by atoms with Crippen LogP contribution in [0.25, 0.3) is 100 Å². The Morgan fingerprint density at radius 3 is 1.23 bits per heavy atom. The van der Waals surface area contributed by atoms with Crippen molar-refractivity contribution in [1.29, 1.82) is 10.5 Å². The Morgan fingerprint density at radius 2 is 0.733 bits per heavy atom. The Labute approximate surface area is 345 Å². The summed E-state index contributed by atoms with van der Waals surface area (Å²) in [5, 5.41) is 24.3. The van der Waals surface area contributed by atoms with E-state index in [1.165, 1.54) is 0 Å². The molecule has 0 bridgehead atoms. The molecule has 8 aromatic carbocycles. The molecular weight excluding hydrogens is 735 g/mol. The van der Waals surface area contributed by atoms with Crippen molar-refractivity contribution in [3.8, 4) is 68.8 Å². The van der Waals surface area contributed by atoms with Crippen LogP contribution >= 0.6 is 0 Å². The van der Waals surface area contributed by atoms with Gasteiger partial charge in [-0.3, -0.25) is 0 Å². The molecule has 0 fully saturated rings. The lowest BCUT2D eigenvalue weighted by Crippen LogP contribution is -2.06. The first-order valence-corrected chi connectivity index (χ1v) is 19.6. The van der Waals surface area contributed by atoms with Gasteiger partial charge in [-0.25, -0.2) is 15.0 Å². The van der Waals surface area contributed by atoms with Gasteiger partial charge in [-0.1, -0.05) is 121 Å². The van der Waals surface area contributed by atoms with Gasteiger partial charge in [0, 0.05) is 38.2 Å². The van der Waals surface area contributed by atoms with Crippen molar-refractivity contribution >= 4 is 43.6 Å². The van der Waals surface area contributed by atoms with Gasteiger partial charge < -0.3 is 9.13 Å². The van der Waals surface area contributed by atoms with Gasteiger partial charge in [0.05, 0.1) is 56.7 Å². The first kappa shape index (κ1) is 34.6. The average Bonchev–Trinajstić information content (AvgIpc) is 3.84. The van der Waals surface area contributed by atoms with Crippen molar-refractivity contribution < 1.29 is 0 Å². The zero-order valence-electron chi connectivity index (χ0n) is 32.0. The number of hydrogen-bond acceptors (Lipinski definition) is 5. The lowest BCUT2D eigenvalue weighted by atomic mass is 10.00. The van der Waals surface area contributed by atoms with Crippen LogP contribution in [0.2, 0.25) is 0 Å². The number of nitriles is 2. The Hall–Kier alpha value is -8.65. The maximum Gasteiger partial charge on any atom is 0.166 e. The molecule has 7 nitrogen and oxygen atoms in total. The molecule has 0 N–H and O–H groups in total. The first-order chi connectivity index (χ1) is 29.7. The number of rotatable bonds is 6. The molecule has 0 amide bonds. The van der Waals surface area contributed by atoms with Gasteiger partial charge in [0.1, 0.15) is 0 Å². The average molecular weight is 766 g/mol. The molecule has 0 radical (unpaired) electrons. The van der Waals surface area contributed by atoms with Crippen LogP contribution in [0.4, 0.5) is 0 Å². The van der Waals surface area contributed by atoms with Crippen LogP contribution in [0.5, 0.6) is 0 Å². The van der Waals surface area contributed by atoms with E-state index >= 15 is 0 Å². The lowest BCUT2D eigenvalue weighted by Gasteiger charge is -2.17. The number of fused-ring (bicyclic) bond motifs is 6. The van der Waals surface area contributed by atoms with Crippen LogP contribution in [0, 0.1) is 22.7 Å². The zero-order chi connectivity index (χ0) is 40.2. The summed E-state index contributed by atoms with van der Waals surface area (Å²) in [5.74, 6) is 1.50. The first-order valence-electron chi connectivity index (χ1n) is 19.6. The Kier molecular flexibility index (Phi) is 8.11. The van der Waals surface area contributed by atoms with E-state index in [4.69, 9.17) is 15.0 Å². The number of para-hydroxylation sites is 4. The smallest absolute Gasteiger partial charge is 0.166 e. The highest BCUT2D eigenvalue weighted by atomic mass is 15.1. The summed E-state index contributed by atoms with van der Waals surface area (Å²) in [6, 6.07) is 67.9. The highest BCUT2D eigenvalue weighted by molar-refractivity contribution is 6.11. The van der Waals surface area contributed by atoms with Gasteiger partial charge in [0.2, 0.25) is 0 Å². The molecule has 3 aromatic heterocycles. The molecule has 11 aromatic rings. The van der Waals surface area contributed by atoms with Crippen LogP contribution in [0.1, 0.15) is 11.1 Å². The Morgan fingerprint density at radius 1 is 0.333 bits per heavy atom. The topological polar surface area (TPSA) is 96.1 Å². The summed E-state index contributed by atoms with van der Waals surface area (Å²) < 4.78 is 4.51. The normalized spacial score (nSPS) is 11.3. The standard InChI is InChI=1S/C53H31N7/c54-32-34-22-25-36(26-23-34)38-27-29-44(50(31-38)60-47-20-10-6-16-41(47)42-17-7-11-21-48(42)60)53-57-51(37-12-2-1-3-13-37)56-52(58-53)43-28-24-35(33-55)30-49(43)59-45-18-8-4-14-39(45)40-15-5-9-19-46(40)59/h1-31H. The minimum Gasteiger partial charge on any atom is -0.308 e. The van der Waals surface area contributed by atoms with Crippen LogP contribution < -0.4 is 0 Å². The number of nitrogens with zero attached hydrogens (tertiary/aromatic N) is 7. The highest BCUT2D eigenvalue weighted by Gasteiger charge is 2.23. The molecule has 0 spiro atoms. The predicted molar refractivity (Wildman–Crippen MR) is 240 cm³/mol. The monoisotopic (exact) mass is 765 g/mol. The summed E-state index contributed by atoms with van der Waals surface area (Å²) in [6.45, 7) is 0. The van der Waals surface area contributed by atoms with Gasteiger partial charge in [-0.05, 0) is 77.9 Å². The number of hydrogen-bond donors (Lipinski definition) is 0. The molecule has 0 atom stereocenters. The molecule has 7 heteroatoms. The summed E-state index contributed by atoms with van der Waals surface area (Å²) >= 11 is 0. The molecule has 0 aliphatic carbocycles. The Balaban J connectivity index is 1.22. The summed E-state index contributed by atoms with van der Waals surface area (Å²) in [6.07, 6.45) is 0. The molecule has 0 saturated heterocycles. The quantitative estimate of drug-likeness (QED) is 0.168. The van der Waals surface area contributed by atoms with E-state index < -0.39 is 0 Å². The van der Waals surface area contributed by atoms with Crippen molar-refractivity contribution in [3.05, 3.63) is 199 Å². The van der Waals surface area contributed by atoms with Gasteiger partial charge in [-0.2, -0.15) is 10.5 Å². The van der Waals surface area contributed by atoms with E-state index in [0.29, 0.717) is 28.6 Å². The maximum atomic E-state index is 10.2. The predicted octanol–water partition coefficient (Wildman–Crippen LogP) is 12.5. The minimum atomic E-state index is 0.476. The van der Waals surface area contributed by atoms with Crippen LogP contribution in [-0.2, 0) is 0 Å². The molecular formula is C53H31N7. The van der Waals surface area contributed by atoms with E-state index in [1.807, 2.05) is 84.9 Å². The van der Waals surface area contributed by atoms with Crippen LogP contribution in [0.3, 0.4) is 0 Å². The molecule has 278 valence electrons. The highest BCUT2D eigenvalue weighted by Crippen LogP contribution is 2.40. The minimum absolute atomic E-state index is 0.476. The fourth-order valence-corrected chi connectivity index (χ4v) is 8.50. The molecule has 11 rings (SSSR count). The largest absolute Gasteiger partial charge is 0.308 e. The van der Waals surface area contributed by atoms with Crippen molar-refractivity contribution in [2.75, 3.05) is 0 Å². The Bertz CT molecular complexity index is 3460. The second kappa shape index (κ2) is 14.1. The fourth-order valence-electron chi connectivity index (χ4n) is 8.50. The number of aromatic nitrogens is 5. The van der Waals surface area contributed by atoms with Gasteiger partial charge in [0.15, 0.2) is 17.5 Å². The summed E-state index contributed by atoms with van der Waals surface area (Å²) in [7, 11) is 0. The second-order valence-electron chi connectivity index (χ2n) is 14.7. The van der Waals surface area contributed by atoms with Crippen LogP contribution in [0.15, 0.2) is 188 Å². The SMILES string of the molecule is N#Cc1ccc(-c2ccc(-c3nc(-c4ccccc4)nc(-c4ccc(C#N)cc4-n4c5ccccc5c5ccccc54)n3)c(-n3c4ccccc4c4ccccc43)c2)cc1. The zero-order valence-corrected chi connectivity index (χ0v) is 32.0. The third-order valence-corrected chi connectivity index (χ3v) is 11.3. The molecule has 0 unspecified atom stereocenters. The third kappa shape index (κ3) is 5.61. The number of benzene rings is 8.